The van der Waals surface area contributed by atoms with Gasteiger partial charge in [0.1, 0.15) is 19.0 Å². The minimum atomic E-state index is -4.15. The summed E-state index contributed by atoms with van der Waals surface area (Å²) in [6.45, 7) is -0.415. The van der Waals surface area contributed by atoms with Crippen molar-refractivity contribution in [1.82, 2.24) is 0 Å². The van der Waals surface area contributed by atoms with E-state index in [4.69, 9.17) is 10.5 Å². The molecule has 0 amide bonds. The SMILES string of the molecule is [2H]c1oc2c(c1-c1c(F)c(F)c(F)c(F)c1F)Oc1c([2H])c(C)c([2H])c3c1B2c1c([2H])c([2H])c([Si](c2ccccc2)(c2ccccc2)c2ccccc2)c([2H])c1N3c1c([2H])c([2H])c([2H])c([Si](c2ccccc2)(c2ccccc2)c2ccccc2)c1[2H]. The van der Waals surface area contributed by atoms with Crippen molar-refractivity contribution >= 4 is 98.0 Å². The van der Waals surface area contributed by atoms with Crippen LogP contribution in [0.4, 0.5) is 39.0 Å². The molecule has 0 unspecified atom stereocenters. The van der Waals surface area contributed by atoms with Crippen molar-refractivity contribution in [3.8, 4) is 22.6 Å². The van der Waals surface area contributed by atoms with Gasteiger partial charge in [-0.15, -0.1) is 0 Å². The number of hydrogen-bond donors (Lipinski definition) is 0. The number of hydrogen-bond acceptors (Lipinski definition) is 3. The fraction of sp³-hybridized carbons (Fsp3) is 0.0154. The Labute approximate surface area is 452 Å². The van der Waals surface area contributed by atoms with Crippen LogP contribution in [0.15, 0.2) is 247 Å². The Bertz CT molecular complexity index is 4380. The summed E-state index contributed by atoms with van der Waals surface area (Å²) in [6.07, 6.45) is -1.17. The Hall–Kier alpha value is -8.77. The topological polar surface area (TPSA) is 25.6 Å². The number of ether oxygens (including phenoxy) is 1. The molecule has 11 heteroatoms. The third-order valence-corrected chi connectivity index (χ3v) is 23.6. The molecule has 0 N–H and O–H groups in total. The molecule has 11 aromatic rings. The molecule has 1 aromatic heterocycles. The number of benzene rings is 10. The predicted octanol–water partition coefficient (Wildman–Crippen LogP) is 9.11. The maximum absolute atomic E-state index is 16.2. The standard InChI is InChI=1S/C65H43BF5NO2Si2/c1-42-37-55-58-56(38-42)74-64-52(57-59(67)61(69)63(71)62(70)60(57)68)41-73-65(64)66(58)53-36-35-51(76(47-28-14-5-15-29-47,48-30-16-6-17-31-48)49-32-18-7-19-33-49)40-54(53)72(55)43-21-20-34-50(39-43)75(44-22-8-2-9-23-44,45-24-10-3-11-25-45)46-26-12-4-13-27-46/h2-41H,1H3/i20D,21D,34D,35D,36D,37D,38D,39D,40D,41D. The number of fused-ring (bicyclic) bond motifs is 4. The summed E-state index contributed by atoms with van der Waals surface area (Å²) in [4.78, 5) is 1.25. The zero-order valence-corrected chi connectivity index (χ0v) is 42.1. The molecule has 0 radical (unpaired) electrons. The lowest BCUT2D eigenvalue weighted by Gasteiger charge is -2.41. The van der Waals surface area contributed by atoms with Gasteiger partial charge >= 0.3 is 6.71 Å². The van der Waals surface area contributed by atoms with Crippen molar-refractivity contribution in [2.24, 2.45) is 0 Å². The maximum Gasteiger partial charge on any atom is 0.301 e. The number of furan rings is 1. The van der Waals surface area contributed by atoms with E-state index in [1.165, 1.54) is 11.8 Å². The van der Waals surface area contributed by atoms with Crippen LogP contribution < -0.4 is 67.7 Å². The maximum atomic E-state index is 16.2. The molecule has 0 aliphatic carbocycles. The minimum absolute atomic E-state index is 0.0111. The van der Waals surface area contributed by atoms with Crippen LogP contribution in [-0.4, -0.2) is 22.9 Å². The molecule has 0 saturated carbocycles. The monoisotopic (exact) mass is 1040 g/mol. The Morgan fingerprint density at radius 1 is 0.461 bits per heavy atom. The first-order chi connectivity index (χ1) is 41.4. The highest BCUT2D eigenvalue weighted by Gasteiger charge is 2.49. The normalized spacial score (nSPS) is 14.5. The van der Waals surface area contributed by atoms with Crippen molar-refractivity contribution in [2.75, 3.05) is 4.90 Å². The lowest BCUT2D eigenvalue weighted by atomic mass is 9.36. The smallest absolute Gasteiger partial charge is 0.301 e. The number of halogens is 5. The molecule has 0 atom stereocenters. The second kappa shape index (κ2) is 18.6. The van der Waals surface area contributed by atoms with Crippen molar-refractivity contribution in [3.05, 3.63) is 277 Å². The fourth-order valence-corrected chi connectivity index (χ4v) is 20.2. The van der Waals surface area contributed by atoms with Crippen LogP contribution in [0.5, 0.6) is 11.5 Å². The van der Waals surface area contributed by atoms with Gasteiger partial charge in [-0.25, -0.2) is 22.0 Å². The average molecular weight is 1040 g/mol. The van der Waals surface area contributed by atoms with Gasteiger partial charge in [0.05, 0.1) is 23.5 Å². The number of anilines is 3. The second-order valence-corrected chi connectivity index (χ2v) is 26.0. The number of rotatable bonds is 10. The van der Waals surface area contributed by atoms with Gasteiger partial charge in [0.15, 0.2) is 45.2 Å². The van der Waals surface area contributed by atoms with Gasteiger partial charge in [-0.2, -0.15) is 0 Å². The van der Waals surface area contributed by atoms with Crippen LogP contribution in [0.25, 0.3) is 11.1 Å². The summed E-state index contributed by atoms with van der Waals surface area (Å²) in [5.74, 6) is -13.1. The minimum Gasteiger partial charge on any atom is -0.474 e. The van der Waals surface area contributed by atoms with Crippen LogP contribution in [0.3, 0.4) is 0 Å². The molecule has 13 rings (SSSR count). The van der Waals surface area contributed by atoms with Crippen LogP contribution in [0.1, 0.15) is 19.3 Å². The zero-order valence-electron chi connectivity index (χ0n) is 50.1. The highest BCUT2D eigenvalue weighted by molar-refractivity contribution is 7.20. The molecular formula is C65H43BF5NO2Si2. The Morgan fingerprint density at radius 3 is 1.36 bits per heavy atom. The van der Waals surface area contributed by atoms with E-state index in [0.717, 1.165) is 0 Å². The van der Waals surface area contributed by atoms with Gasteiger partial charge in [0, 0.05) is 22.5 Å². The highest BCUT2D eigenvalue weighted by Crippen LogP contribution is 2.45. The first kappa shape index (κ1) is 37.0. The third kappa shape index (κ3) is 7.06. The third-order valence-electron chi connectivity index (χ3n) is 14.4. The molecule has 0 fully saturated rings. The summed E-state index contributed by atoms with van der Waals surface area (Å²) in [7, 11) is -8.22. The fourth-order valence-electron chi connectivity index (χ4n) is 11.2. The van der Waals surface area contributed by atoms with Gasteiger partial charge in [0.2, 0.25) is 5.82 Å². The van der Waals surface area contributed by atoms with E-state index < -0.39 is 147 Å². The van der Waals surface area contributed by atoms with E-state index >= 15 is 17.6 Å². The molecule has 3 nitrogen and oxygen atoms in total. The molecule has 76 heavy (non-hydrogen) atoms. The average Bonchev–Trinajstić information content (AvgIpc) is 0.954. The molecule has 0 saturated heterocycles. The molecule has 0 bridgehead atoms. The summed E-state index contributed by atoms with van der Waals surface area (Å²) in [6, 6.07) is 50.4. The van der Waals surface area contributed by atoms with Gasteiger partial charge in [-0.05, 0) is 89.7 Å². The van der Waals surface area contributed by atoms with Gasteiger partial charge in [-0.3, -0.25) is 0 Å². The Kier molecular flexibility index (Phi) is 9.04. The molecular weight excluding hydrogens is 989 g/mol. The van der Waals surface area contributed by atoms with E-state index in [2.05, 4.69) is 0 Å². The van der Waals surface area contributed by atoms with E-state index in [9.17, 15) is 16.7 Å². The summed E-state index contributed by atoms with van der Waals surface area (Å²) in [5, 5.41) is 4.07. The highest BCUT2D eigenvalue weighted by atomic mass is 28.3. The second-order valence-electron chi connectivity index (χ2n) is 18.5. The predicted molar refractivity (Wildman–Crippen MR) is 302 cm³/mol. The summed E-state index contributed by atoms with van der Waals surface area (Å²) >= 11 is 0. The Balaban J connectivity index is 1.25. The molecule has 0 spiro atoms. The quantitative estimate of drug-likeness (QED) is 0.0450. The van der Waals surface area contributed by atoms with Crippen LogP contribution >= 0.6 is 0 Å². The van der Waals surface area contributed by atoms with Crippen LogP contribution in [0, 0.1) is 36.0 Å². The van der Waals surface area contributed by atoms with Crippen LogP contribution in [0.2, 0.25) is 0 Å². The molecule has 2 aliphatic heterocycles. The zero-order chi connectivity index (χ0) is 60.4. The Morgan fingerprint density at radius 2 is 0.895 bits per heavy atom. The van der Waals surface area contributed by atoms with Crippen molar-refractivity contribution < 1.29 is 44.8 Å². The lowest BCUT2D eigenvalue weighted by molar-refractivity contribution is 0.381. The van der Waals surface area contributed by atoms with E-state index in [1.807, 2.05) is 182 Å². The summed E-state index contributed by atoms with van der Waals surface area (Å²) in [5.41, 5.74) is -5.06. The van der Waals surface area contributed by atoms with Crippen molar-refractivity contribution in [2.45, 2.75) is 6.92 Å². The van der Waals surface area contributed by atoms with E-state index in [-0.39, 0.29) is 38.2 Å². The summed E-state index contributed by atoms with van der Waals surface area (Å²) < 4.78 is 193. The van der Waals surface area contributed by atoms with Gasteiger partial charge in [0.25, 0.3) is 0 Å². The van der Waals surface area contributed by atoms with Gasteiger partial charge in [-0.1, -0.05) is 206 Å². The largest absolute Gasteiger partial charge is 0.474 e. The molecule has 10 aromatic carbocycles. The van der Waals surface area contributed by atoms with Gasteiger partial charge < -0.3 is 14.1 Å². The van der Waals surface area contributed by atoms with E-state index in [1.54, 1.807) is 0 Å². The van der Waals surface area contributed by atoms with Crippen LogP contribution in [-0.2, 0) is 0 Å². The first-order valence-electron chi connectivity index (χ1n) is 29.3. The molecule has 366 valence electrons. The van der Waals surface area contributed by atoms with E-state index in [0.29, 0.717) is 31.1 Å². The number of nitrogens with zero attached hydrogens (tertiary/aromatic N) is 1. The molecule has 3 heterocycles. The molecule has 2 aliphatic rings. The van der Waals surface area contributed by atoms with Crippen molar-refractivity contribution in [3.63, 3.8) is 0 Å². The van der Waals surface area contributed by atoms with Crippen molar-refractivity contribution in [1.29, 1.82) is 0 Å². The lowest BCUT2D eigenvalue weighted by Crippen LogP contribution is -2.75. The first-order valence-corrected chi connectivity index (χ1v) is 28.3.